The zero-order chi connectivity index (χ0) is 15.6. The van der Waals surface area contributed by atoms with Crippen LogP contribution in [0.5, 0.6) is 11.5 Å². The van der Waals surface area contributed by atoms with Crippen LogP contribution in [0.3, 0.4) is 0 Å². The van der Waals surface area contributed by atoms with Gasteiger partial charge in [-0.05, 0) is 32.0 Å². The molecule has 0 fully saturated rings. The van der Waals surface area contributed by atoms with Crippen molar-refractivity contribution >= 4 is 17.4 Å². The quantitative estimate of drug-likeness (QED) is 0.794. The summed E-state index contributed by atoms with van der Waals surface area (Å²) in [7, 11) is 3.05. The first-order valence-corrected chi connectivity index (χ1v) is 6.88. The van der Waals surface area contributed by atoms with Gasteiger partial charge in [0.25, 0.3) is 0 Å². The lowest BCUT2D eigenvalue weighted by Gasteiger charge is -2.11. The summed E-state index contributed by atoms with van der Waals surface area (Å²) in [6, 6.07) is 8.93. The molecule has 0 aliphatic heterocycles. The van der Waals surface area contributed by atoms with Crippen molar-refractivity contribution in [2.24, 2.45) is 0 Å². The summed E-state index contributed by atoms with van der Waals surface area (Å²) in [5.41, 5.74) is 3.09. The van der Waals surface area contributed by atoms with E-state index < -0.39 is 0 Å². The van der Waals surface area contributed by atoms with Crippen LogP contribution in [0.25, 0.3) is 0 Å². The first-order valence-electron chi connectivity index (χ1n) is 6.50. The highest BCUT2D eigenvalue weighted by molar-refractivity contribution is 6.35. The number of halogens is 1. The van der Waals surface area contributed by atoms with Gasteiger partial charge in [0, 0.05) is 17.2 Å². The molecule has 0 N–H and O–H groups in total. The second kappa shape index (κ2) is 6.19. The topological polar surface area (TPSA) is 35.5 Å². The van der Waals surface area contributed by atoms with Crippen molar-refractivity contribution in [3.05, 3.63) is 57.6 Å². The van der Waals surface area contributed by atoms with E-state index in [9.17, 15) is 4.79 Å². The molecule has 0 atom stereocenters. The molecule has 0 bridgehead atoms. The van der Waals surface area contributed by atoms with Gasteiger partial charge in [0.1, 0.15) is 0 Å². The van der Waals surface area contributed by atoms with Crippen LogP contribution in [-0.2, 0) is 0 Å². The fraction of sp³-hybridized carbons (Fsp3) is 0.235. The molecule has 3 nitrogen and oxygen atoms in total. The maximum Gasteiger partial charge on any atom is 0.194 e. The average Bonchev–Trinajstić information content (AvgIpc) is 2.45. The van der Waals surface area contributed by atoms with Gasteiger partial charge in [0.2, 0.25) is 0 Å². The van der Waals surface area contributed by atoms with Gasteiger partial charge >= 0.3 is 0 Å². The summed E-state index contributed by atoms with van der Waals surface area (Å²) < 4.78 is 10.4. The molecule has 2 aromatic rings. The summed E-state index contributed by atoms with van der Waals surface area (Å²) in [5, 5.41) is 0.344. The van der Waals surface area contributed by atoms with E-state index in [0.29, 0.717) is 27.6 Å². The third kappa shape index (κ3) is 3.19. The molecule has 110 valence electrons. The Bertz CT molecular complexity index is 672. The molecule has 0 aliphatic rings. The van der Waals surface area contributed by atoms with Gasteiger partial charge in [-0.2, -0.15) is 0 Å². The SMILES string of the molecule is COc1cc(Cl)c(C(=O)c2cc(C)cc(C)c2)cc1OC. The normalized spacial score (nSPS) is 10.3. The van der Waals surface area contributed by atoms with Crippen LogP contribution in [0.15, 0.2) is 30.3 Å². The molecular weight excluding hydrogens is 288 g/mol. The van der Waals surface area contributed by atoms with Gasteiger partial charge < -0.3 is 9.47 Å². The second-order valence-electron chi connectivity index (χ2n) is 4.89. The van der Waals surface area contributed by atoms with E-state index in [0.717, 1.165) is 11.1 Å². The molecule has 0 heterocycles. The molecule has 0 saturated heterocycles. The third-order valence-electron chi connectivity index (χ3n) is 3.20. The molecule has 4 heteroatoms. The first-order chi connectivity index (χ1) is 9.96. The Morgan fingerprint density at radius 3 is 1.95 bits per heavy atom. The second-order valence-corrected chi connectivity index (χ2v) is 5.30. The van der Waals surface area contributed by atoms with Crippen molar-refractivity contribution in [1.82, 2.24) is 0 Å². The summed E-state index contributed by atoms with van der Waals surface area (Å²) in [6.45, 7) is 3.92. The lowest BCUT2D eigenvalue weighted by Crippen LogP contribution is -2.04. The Morgan fingerprint density at radius 1 is 0.905 bits per heavy atom. The van der Waals surface area contributed by atoms with Crippen LogP contribution >= 0.6 is 11.6 Å². The zero-order valence-corrected chi connectivity index (χ0v) is 13.2. The summed E-state index contributed by atoms with van der Waals surface area (Å²) in [5.74, 6) is 0.849. The van der Waals surface area contributed by atoms with Crippen molar-refractivity contribution in [3.8, 4) is 11.5 Å². The van der Waals surface area contributed by atoms with Crippen LogP contribution in [0, 0.1) is 13.8 Å². The van der Waals surface area contributed by atoms with Crippen molar-refractivity contribution in [2.75, 3.05) is 14.2 Å². The largest absolute Gasteiger partial charge is 0.493 e. The molecule has 2 rings (SSSR count). The molecule has 0 amide bonds. The number of methoxy groups -OCH3 is 2. The minimum absolute atomic E-state index is 0.132. The molecular formula is C17H17ClO3. The van der Waals surface area contributed by atoms with Gasteiger partial charge in [0.05, 0.1) is 19.2 Å². The first kappa shape index (κ1) is 15.4. The minimum atomic E-state index is -0.132. The summed E-state index contributed by atoms with van der Waals surface area (Å²) in [6.07, 6.45) is 0. The highest BCUT2D eigenvalue weighted by Gasteiger charge is 2.17. The van der Waals surface area contributed by atoms with Crippen molar-refractivity contribution in [2.45, 2.75) is 13.8 Å². The number of carbonyl (C=O) groups excluding carboxylic acids is 1. The van der Waals surface area contributed by atoms with Gasteiger partial charge in [-0.15, -0.1) is 0 Å². The zero-order valence-electron chi connectivity index (χ0n) is 12.5. The third-order valence-corrected chi connectivity index (χ3v) is 3.51. The van der Waals surface area contributed by atoms with Crippen LogP contribution in [0.4, 0.5) is 0 Å². The number of aryl methyl sites for hydroxylation is 2. The lowest BCUT2D eigenvalue weighted by atomic mass is 9.99. The van der Waals surface area contributed by atoms with E-state index in [-0.39, 0.29) is 5.78 Å². The van der Waals surface area contributed by atoms with Crippen LogP contribution < -0.4 is 9.47 Å². The fourth-order valence-corrected chi connectivity index (χ4v) is 2.53. The number of benzene rings is 2. The van der Waals surface area contributed by atoms with E-state index in [1.54, 1.807) is 12.1 Å². The number of hydrogen-bond donors (Lipinski definition) is 0. The molecule has 0 aliphatic carbocycles. The van der Waals surface area contributed by atoms with E-state index in [1.165, 1.54) is 14.2 Å². The molecule has 0 aromatic heterocycles. The summed E-state index contributed by atoms with van der Waals surface area (Å²) >= 11 is 6.21. The van der Waals surface area contributed by atoms with Crippen LogP contribution in [-0.4, -0.2) is 20.0 Å². The Labute approximate surface area is 129 Å². The molecule has 0 unspecified atom stereocenters. The Kier molecular flexibility index (Phi) is 4.53. The minimum Gasteiger partial charge on any atom is -0.493 e. The Morgan fingerprint density at radius 2 is 1.43 bits per heavy atom. The van der Waals surface area contributed by atoms with Crippen molar-refractivity contribution in [1.29, 1.82) is 0 Å². The van der Waals surface area contributed by atoms with Crippen LogP contribution in [0.1, 0.15) is 27.0 Å². The van der Waals surface area contributed by atoms with E-state index in [2.05, 4.69) is 0 Å². The standard InChI is InChI=1S/C17H17ClO3/c1-10-5-11(2)7-12(6-10)17(19)13-8-15(20-3)16(21-4)9-14(13)18/h5-9H,1-4H3. The van der Waals surface area contributed by atoms with E-state index in [1.807, 2.05) is 32.0 Å². The fourth-order valence-electron chi connectivity index (χ4n) is 2.29. The van der Waals surface area contributed by atoms with Crippen LogP contribution in [0.2, 0.25) is 5.02 Å². The molecule has 0 saturated carbocycles. The van der Waals surface area contributed by atoms with Crippen molar-refractivity contribution < 1.29 is 14.3 Å². The predicted octanol–water partition coefficient (Wildman–Crippen LogP) is 4.21. The molecule has 0 spiro atoms. The highest BCUT2D eigenvalue weighted by Crippen LogP contribution is 2.34. The number of hydrogen-bond acceptors (Lipinski definition) is 3. The van der Waals surface area contributed by atoms with E-state index >= 15 is 0 Å². The monoisotopic (exact) mass is 304 g/mol. The van der Waals surface area contributed by atoms with E-state index in [4.69, 9.17) is 21.1 Å². The predicted molar refractivity (Wildman–Crippen MR) is 83.9 cm³/mol. The number of ether oxygens (including phenoxy) is 2. The molecule has 21 heavy (non-hydrogen) atoms. The van der Waals surface area contributed by atoms with Gasteiger partial charge in [-0.3, -0.25) is 4.79 Å². The van der Waals surface area contributed by atoms with Crippen molar-refractivity contribution in [3.63, 3.8) is 0 Å². The van der Waals surface area contributed by atoms with Gasteiger partial charge in [0.15, 0.2) is 17.3 Å². The smallest absolute Gasteiger partial charge is 0.194 e. The summed E-state index contributed by atoms with van der Waals surface area (Å²) in [4.78, 5) is 12.7. The highest BCUT2D eigenvalue weighted by atomic mass is 35.5. The molecule has 2 aromatic carbocycles. The Balaban J connectivity index is 2.52. The number of carbonyl (C=O) groups is 1. The lowest BCUT2D eigenvalue weighted by molar-refractivity contribution is 0.103. The maximum absolute atomic E-state index is 12.7. The number of rotatable bonds is 4. The molecule has 0 radical (unpaired) electrons. The maximum atomic E-state index is 12.7. The van der Waals surface area contributed by atoms with Gasteiger partial charge in [-0.1, -0.05) is 28.8 Å². The average molecular weight is 305 g/mol. The van der Waals surface area contributed by atoms with Gasteiger partial charge in [-0.25, -0.2) is 0 Å². The number of ketones is 1. The Hall–Kier alpha value is -2.00.